The smallest absolute Gasteiger partial charge is 0.321 e. The third-order valence-corrected chi connectivity index (χ3v) is 5.18. The number of carbonyl (C=O) groups is 1. The minimum Gasteiger partial charge on any atom is -0.368 e. The van der Waals surface area contributed by atoms with Crippen LogP contribution in [0.15, 0.2) is 78.9 Å². The normalized spacial score (nSPS) is 14.0. The zero-order chi connectivity index (χ0) is 19.3. The van der Waals surface area contributed by atoms with Gasteiger partial charge in [-0.05, 0) is 47.9 Å². The van der Waals surface area contributed by atoms with Gasteiger partial charge in [-0.15, -0.1) is 0 Å². The van der Waals surface area contributed by atoms with E-state index in [4.69, 9.17) is 0 Å². The molecule has 0 unspecified atom stereocenters. The molecule has 4 heteroatoms. The number of nitrogens with zero attached hydrogens (tertiary/aromatic N) is 2. The maximum atomic E-state index is 12.6. The molecule has 0 aliphatic carbocycles. The number of hydrogen-bond donors (Lipinski definition) is 1. The number of carbonyl (C=O) groups excluding carboxylic acids is 1. The van der Waals surface area contributed by atoms with E-state index in [0.29, 0.717) is 0 Å². The van der Waals surface area contributed by atoms with Crippen LogP contribution in [0, 0.1) is 6.92 Å². The molecule has 2 amide bonds. The standard InChI is InChI=1S/C24H25N3O/c1-19-6-5-9-23(18-19)26-14-16-27(17-15-26)24(28)25-22-12-10-21(11-13-22)20-7-3-2-4-8-20/h2-13,18H,14-17H2,1H3,(H,25,28). The molecule has 4 nitrogen and oxygen atoms in total. The lowest BCUT2D eigenvalue weighted by molar-refractivity contribution is 0.208. The predicted octanol–water partition coefficient (Wildman–Crippen LogP) is 5.02. The number of rotatable bonds is 3. The minimum absolute atomic E-state index is 0.0312. The highest BCUT2D eigenvalue weighted by molar-refractivity contribution is 5.89. The number of benzene rings is 3. The van der Waals surface area contributed by atoms with Gasteiger partial charge in [0.1, 0.15) is 0 Å². The molecule has 4 rings (SSSR count). The molecule has 1 heterocycles. The van der Waals surface area contributed by atoms with Crippen molar-refractivity contribution in [3.63, 3.8) is 0 Å². The van der Waals surface area contributed by atoms with Gasteiger partial charge >= 0.3 is 6.03 Å². The molecular weight excluding hydrogens is 346 g/mol. The van der Waals surface area contributed by atoms with Gasteiger partial charge in [0.05, 0.1) is 0 Å². The van der Waals surface area contributed by atoms with E-state index >= 15 is 0 Å². The summed E-state index contributed by atoms with van der Waals surface area (Å²) in [6.07, 6.45) is 0. The fraction of sp³-hybridized carbons (Fsp3) is 0.208. The third-order valence-electron chi connectivity index (χ3n) is 5.18. The van der Waals surface area contributed by atoms with Gasteiger partial charge in [0.25, 0.3) is 0 Å². The maximum absolute atomic E-state index is 12.6. The van der Waals surface area contributed by atoms with Gasteiger partial charge in [-0.1, -0.05) is 54.6 Å². The van der Waals surface area contributed by atoms with E-state index in [2.05, 4.69) is 53.5 Å². The number of anilines is 2. The monoisotopic (exact) mass is 371 g/mol. The highest BCUT2D eigenvalue weighted by atomic mass is 16.2. The lowest BCUT2D eigenvalue weighted by atomic mass is 10.1. The Morgan fingerprint density at radius 1 is 0.786 bits per heavy atom. The van der Waals surface area contributed by atoms with Gasteiger partial charge in [-0.2, -0.15) is 0 Å². The van der Waals surface area contributed by atoms with Gasteiger partial charge in [0, 0.05) is 37.6 Å². The average molecular weight is 371 g/mol. The number of nitrogens with one attached hydrogen (secondary N) is 1. The largest absolute Gasteiger partial charge is 0.368 e. The number of aryl methyl sites for hydroxylation is 1. The fourth-order valence-electron chi connectivity index (χ4n) is 3.57. The average Bonchev–Trinajstić information content (AvgIpc) is 2.75. The Kier molecular flexibility index (Phi) is 5.29. The van der Waals surface area contributed by atoms with E-state index in [0.717, 1.165) is 37.4 Å². The first-order valence-electron chi connectivity index (χ1n) is 9.72. The summed E-state index contributed by atoms with van der Waals surface area (Å²) in [7, 11) is 0. The molecule has 3 aromatic carbocycles. The molecule has 3 aromatic rings. The number of hydrogen-bond acceptors (Lipinski definition) is 2. The summed E-state index contributed by atoms with van der Waals surface area (Å²) in [5.41, 5.74) is 5.64. The molecule has 1 aliphatic heterocycles. The SMILES string of the molecule is Cc1cccc(N2CCN(C(=O)Nc3ccc(-c4ccccc4)cc3)CC2)c1. The summed E-state index contributed by atoms with van der Waals surface area (Å²) < 4.78 is 0. The van der Waals surface area contributed by atoms with Gasteiger partial charge < -0.3 is 15.1 Å². The second-order valence-corrected chi connectivity index (χ2v) is 7.19. The van der Waals surface area contributed by atoms with Crippen molar-refractivity contribution in [2.75, 3.05) is 36.4 Å². The number of amides is 2. The lowest BCUT2D eigenvalue weighted by Crippen LogP contribution is -2.50. The van der Waals surface area contributed by atoms with E-state index < -0.39 is 0 Å². The van der Waals surface area contributed by atoms with Crippen molar-refractivity contribution < 1.29 is 4.79 Å². The lowest BCUT2D eigenvalue weighted by Gasteiger charge is -2.36. The first-order chi connectivity index (χ1) is 13.7. The Bertz CT molecular complexity index is 930. The van der Waals surface area contributed by atoms with E-state index in [1.165, 1.54) is 16.8 Å². The van der Waals surface area contributed by atoms with E-state index in [9.17, 15) is 4.79 Å². The summed E-state index contributed by atoms with van der Waals surface area (Å²) >= 11 is 0. The quantitative estimate of drug-likeness (QED) is 0.702. The van der Waals surface area contributed by atoms with E-state index in [1.807, 2.05) is 47.4 Å². The van der Waals surface area contributed by atoms with Crippen LogP contribution in [0.2, 0.25) is 0 Å². The Hall–Kier alpha value is -3.27. The van der Waals surface area contributed by atoms with Crippen LogP contribution in [0.5, 0.6) is 0 Å². The highest BCUT2D eigenvalue weighted by Gasteiger charge is 2.21. The summed E-state index contributed by atoms with van der Waals surface area (Å²) in [6, 6.07) is 26.7. The maximum Gasteiger partial charge on any atom is 0.321 e. The Morgan fingerprint density at radius 2 is 1.46 bits per heavy atom. The molecule has 1 aliphatic rings. The summed E-state index contributed by atoms with van der Waals surface area (Å²) in [4.78, 5) is 16.8. The Morgan fingerprint density at radius 3 is 2.14 bits per heavy atom. The van der Waals surface area contributed by atoms with E-state index in [-0.39, 0.29) is 6.03 Å². The van der Waals surface area contributed by atoms with Crippen molar-refractivity contribution in [2.45, 2.75) is 6.92 Å². The highest BCUT2D eigenvalue weighted by Crippen LogP contribution is 2.22. The first-order valence-corrected chi connectivity index (χ1v) is 9.72. The van der Waals surface area contributed by atoms with Crippen molar-refractivity contribution >= 4 is 17.4 Å². The predicted molar refractivity (Wildman–Crippen MR) is 116 cm³/mol. The number of piperazine rings is 1. The topological polar surface area (TPSA) is 35.6 Å². The number of urea groups is 1. The first kappa shape index (κ1) is 18.1. The molecule has 1 fully saturated rings. The second-order valence-electron chi connectivity index (χ2n) is 7.19. The van der Waals surface area contributed by atoms with Crippen LogP contribution >= 0.6 is 0 Å². The van der Waals surface area contributed by atoms with Crippen molar-refractivity contribution in [3.05, 3.63) is 84.4 Å². The molecule has 28 heavy (non-hydrogen) atoms. The molecule has 0 radical (unpaired) electrons. The minimum atomic E-state index is -0.0312. The molecule has 142 valence electrons. The molecule has 1 N–H and O–H groups in total. The van der Waals surface area contributed by atoms with Crippen LogP contribution < -0.4 is 10.2 Å². The molecule has 0 bridgehead atoms. The zero-order valence-electron chi connectivity index (χ0n) is 16.1. The summed E-state index contributed by atoms with van der Waals surface area (Å²) in [5.74, 6) is 0. The van der Waals surface area contributed by atoms with Crippen LogP contribution in [0.1, 0.15) is 5.56 Å². The van der Waals surface area contributed by atoms with Gasteiger partial charge in [0.15, 0.2) is 0 Å². The van der Waals surface area contributed by atoms with Crippen LogP contribution in [-0.2, 0) is 0 Å². The van der Waals surface area contributed by atoms with Crippen molar-refractivity contribution in [1.82, 2.24) is 4.90 Å². The van der Waals surface area contributed by atoms with Crippen LogP contribution in [0.25, 0.3) is 11.1 Å². The van der Waals surface area contributed by atoms with Crippen LogP contribution in [0.3, 0.4) is 0 Å². The Labute approximate surface area is 166 Å². The van der Waals surface area contributed by atoms with Crippen LogP contribution in [-0.4, -0.2) is 37.1 Å². The van der Waals surface area contributed by atoms with Crippen LogP contribution in [0.4, 0.5) is 16.2 Å². The molecule has 0 atom stereocenters. The van der Waals surface area contributed by atoms with Gasteiger partial charge in [-0.25, -0.2) is 4.79 Å². The molecule has 0 saturated carbocycles. The fourth-order valence-corrected chi connectivity index (χ4v) is 3.57. The molecule has 1 saturated heterocycles. The third kappa shape index (κ3) is 4.17. The summed E-state index contributed by atoms with van der Waals surface area (Å²) in [6.45, 7) is 5.26. The second kappa shape index (κ2) is 8.17. The molecule has 0 aromatic heterocycles. The van der Waals surface area contributed by atoms with Crippen molar-refractivity contribution in [2.24, 2.45) is 0 Å². The molecule has 0 spiro atoms. The van der Waals surface area contributed by atoms with Gasteiger partial charge in [0.2, 0.25) is 0 Å². The zero-order valence-corrected chi connectivity index (χ0v) is 16.1. The van der Waals surface area contributed by atoms with Gasteiger partial charge in [-0.3, -0.25) is 0 Å². The Balaban J connectivity index is 1.33. The molecular formula is C24H25N3O. The van der Waals surface area contributed by atoms with Crippen molar-refractivity contribution in [3.8, 4) is 11.1 Å². The van der Waals surface area contributed by atoms with Crippen molar-refractivity contribution in [1.29, 1.82) is 0 Å². The van der Waals surface area contributed by atoms with E-state index in [1.54, 1.807) is 0 Å². The summed E-state index contributed by atoms with van der Waals surface area (Å²) in [5, 5.41) is 3.02.